The number of halogens is 1. The summed E-state index contributed by atoms with van der Waals surface area (Å²) in [5.74, 6) is 0.354. The van der Waals surface area contributed by atoms with Gasteiger partial charge in [-0.2, -0.15) is 0 Å². The molecule has 1 saturated carbocycles. The first-order chi connectivity index (χ1) is 13.7. The maximum Gasteiger partial charge on any atom is 0.167 e. The molecule has 1 aromatic heterocycles. The van der Waals surface area contributed by atoms with E-state index in [9.17, 15) is 9.50 Å². The maximum atomic E-state index is 13.1. The number of nitrogens with one attached hydrogen (secondary N) is 1. The molecule has 2 aliphatic rings. The van der Waals surface area contributed by atoms with Gasteiger partial charge in [0.2, 0.25) is 0 Å². The topological polar surface area (TPSA) is 67.5 Å². The third-order valence-corrected chi connectivity index (χ3v) is 5.92. The average Bonchev–Trinajstić information content (AvgIpc) is 3.18. The third kappa shape index (κ3) is 4.99. The van der Waals surface area contributed by atoms with Gasteiger partial charge in [-0.1, -0.05) is 24.4 Å². The zero-order valence-electron chi connectivity index (χ0n) is 16.1. The predicted molar refractivity (Wildman–Crippen MR) is 104 cm³/mol. The number of aliphatic hydroxyl groups is 1. The molecule has 3 unspecified atom stereocenters. The van der Waals surface area contributed by atoms with Gasteiger partial charge in [0.05, 0.1) is 24.0 Å². The van der Waals surface area contributed by atoms with Crippen LogP contribution in [0.25, 0.3) is 11.3 Å². The van der Waals surface area contributed by atoms with Gasteiger partial charge in [0.25, 0.3) is 0 Å². The molecule has 0 amide bonds. The molecule has 2 aromatic rings. The molecular formula is C22H29FN2O3. The van der Waals surface area contributed by atoms with Crippen LogP contribution in [-0.4, -0.2) is 41.2 Å². The van der Waals surface area contributed by atoms with Crippen LogP contribution < -0.4 is 5.32 Å². The van der Waals surface area contributed by atoms with Crippen LogP contribution >= 0.6 is 0 Å². The zero-order valence-corrected chi connectivity index (χ0v) is 16.1. The highest BCUT2D eigenvalue weighted by Crippen LogP contribution is 2.26. The van der Waals surface area contributed by atoms with Gasteiger partial charge >= 0.3 is 0 Å². The molecule has 1 saturated heterocycles. The van der Waals surface area contributed by atoms with Gasteiger partial charge in [0, 0.05) is 30.6 Å². The number of benzene rings is 1. The highest BCUT2D eigenvalue weighted by Gasteiger charge is 2.31. The third-order valence-electron chi connectivity index (χ3n) is 5.92. The Balaban J connectivity index is 1.31. The molecule has 2 N–H and O–H groups in total. The van der Waals surface area contributed by atoms with Gasteiger partial charge in [-0.05, 0) is 49.9 Å². The first kappa shape index (κ1) is 19.6. The first-order valence-corrected chi connectivity index (χ1v) is 10.5. The van der Waals surface area contributed by atoms with E-state index in [1.807, 2.05) is 6.07 Å². The lowest BCUT2D eigenvalue weighted by Crippen LogP contribution is -2.47. The van der Waals surface area contributed by atoms with E-state index in [2.05, 4.69) is 10.5 Å². The molecule has 3 atom stereocenters. The number of aromatic nitrogens is 1. The van der Waals surface area contributed by atoms with E-state index in [-0.39, 0.29) is 18.0 Å². The average molecular weight is 388 g/mol. The van der Waals surface area contributed by atoms with Crippen LogP contribution in [0.2, 0.25) is 0 Å². The van der Waals surface area contributed by atoms with Crippen LogP contribution in [0.3, 0.4) is 0 Å². The van der Waals surface area contributed by atoms with Gasteiger partial charge in [-0.3, -0.25) is 0 Å². The number of nitrogens with zero attached hydrogens (tertiary/aromatic N) is 1. The molecule has 0 bridgehead atoms. The van der Waals surface area contributed by atoms with Gasteiger partial charge < -0.3 is 19.7 Å². The van der Waals surface area contributed by atoms with E-state index < -0.39 is 6.10 Å². The van der Waals surface area contributed by atoms with E-state index in [0.717, 1.165) is 24.1 Å². The molecule has 4 rings (SSSR count). The molecule has 0 radical (unpaired) electrons. The maximum absolute atomic E-state index is 13.1. The molecule has 2 fully saturated rings. The zero-order chi connectivity index (χ0) is 19.3. The van der Waals surface area contributed by atoms with Gasteiger partial charge in [-0.25, -0.2) is 4.39 Å². The summed E-state index contributed by atoms with van der Waals surface area (Å²) in [6.45, 7) is 0.696. The van der Waals surface area contributed by atoms with Crippen LogP contribution in [0, 0.1) is 5.82 Å². The van der Waals surface area contributed by atoms with E-state index in [1.165, 1.54) is 44.2 Å². The first-order valence-electron chi connectivity index (χ1n) is 10.5. The molecular weight excluding hydrogens is 359 g/mol. The van der Waals surface area contributed by atoms with Crippen molar-refractivity contribution >= 4 is 0 Å². The van der Waals surface area contributed by atoms with Gasteiger partial charge in [0.1, 0.15) is 5.82 Å². The molecule has 6 heteroatoms. The van der Waals surface area contributed by atoms with E-state index in [0.29, 0.717) is 24.8 Å². The predicted octanol–water partition coefficient (Wildman–Crippen LogP) is 3.85. The summed E-state index contributed by atoms with van der Waals surface area (Å²) in [6, 6.07) is 8.62. The fourth-order valence-corrected chi connectivity index (χ4v) is 4.26. The summed E-state index contributed by atoms with van der Waals surface area (Å²) >= 11 is 0. The summed E-state index contributed by atoms with van der Waals surface area (Å²) in [7, 11) is 0. The number of ether oxygens (including phenoxy) is 1. The lowest BCUT2D eigenvalue weighted by Gasteiger charge is -2.35. The second-order valence-electron chi connectivity index (χ2n) is 8.08. The lowest BCUT2D eigenvalue weighted by molar-refractivity contribution is -0.115. The van der Waals surface area contributed by atoms with Crippen LogP contribution in [0.4, 0.5) is 4.39 Å². The van der Waals surface area contributed by atoms with Crippen molar-refractivity contribution in [2.45, 2.75) is 75.7 Å². The van der Waals surface area contributed by atoms with Crippen molar-refractivity contribution in [3.05, 3.63) is 41.8 Å². The second kappa shape index (κ2) is 9.16. The van der Waals surface area contributed by atoms with Crippen LogP contribution in [0.15, 0.2) is 34.9 Å². The molecule has 0 spiro atoms. The Labute approximate surface area is 165 Å². The van der Waals surface area contributed by atoms with E-state index in [1.54, 1.807) is 12.1 Å². The summed E-state index contributed by atoms with van der Waals surface area (Å²) in [5, 5.41) is 18.1. The lowest BCUT2D eigenvalue weighted by atomic mass is 9.94. The summed E-state index contributed by atoms with van der Waals surface area (Å²) in [6.07, 6.45) is 7.97. The SMILES string of the molecule is OC1CCC(Cc2cc(-c3ccc(F)cc3)on2)OC1CNC1CCCCC1. The smallest absolute Gasteiger partial charge is 0.167 e. The van der Waals surface area contributed by atoms with Crippen LogP contribution in [-0.2, 0) is 11.2 Å². The Hall–Kier alpha value is -1.76. The fraction of sp³-hybridized carbons (Fsp3) is 0.591. The summed E-state index contributed by atoms with van der Waals surface area (Å²) in [5.41, 5.74) is 1.62. The highest BCUT2D eigenvalue weighted by atomic mass is 19.1. The Bertz CT molecular complexity index is 742. The van der Waals surface area contributed by atoms with Crippen molar-refractivity contribution in [2.75, 3.05) is 6.54 Å². The quantitative estimate of drug-likeness (QED) is 0.787. The van der Waals surface area contributed by atoms with Crippen molar-refractivity contribution in [2.24, 2.45) is 0 Å². The Morgan fingerprint density at radius 1 is 1.07 bits per heavy atom. The molecule has 152 valence electrons. The molecule has 1 aliphatic heterocycles. The Kier molecular flexibility index (Phi) is 6.40. The van der Waals surface area contributed by atoms with Gasteiger partial charge in [0.15, 0.2) is 5.76 Å². The Morgan fingerprint density at radius 2 is 1.86 bits per heavy atom. The molecule has 2 heterocycles. The van der Waals surface area contributed by atoms with Crippen molar-refractivity contribution in [3.8, 4) is 11.3 Å². The normalized spacial score (nSPS) is 26.4. The molecule has 5 nitrogen and oxygen atoms in total. The highest BCUT2D eigenvalue weighted by molar-refractivity contribution is 5.57. The van der Waals surface area contributed by atoms with Crippen molar-refractivity contribution in [1.82, 2.24) is 10.5 Å². The second-order valence-corrected chi connectivity index (χ2v) is 8.08. The minimum absolute atomic E-state index is 0.0210. The van der Waals surface area contributed by atoms with Gasteiger partial charge in [-0.15, -0.1) is 0 Å². The van der Waals surface area contributed by atoms with Crippen molar-refractivity contribution < 1.29 is 18.8 Å². The molecule has 28 heavy (non-hydrogen) atoms. The van der Waals surface area contributed by atoms with E-state index in [4.69, 9.17) is 9.26 Å². The fourth-order valence-electron chi connectivity index (χ4n) is 4.26. The number of aliphatic hydroxyl groups excluding tert-OH is 1. The van der Waals surface area contributed by atoms with E-state index >= 15 is 0 Å². The van der Waals surface area contributed by atoms with Crippen molar-refractivity contribution in [1.29, 1.82) is 0 Å². The summed E-state index contributed by atoms with van der Waals surface area (Å²) < 4.78 is 24.7. The van der Waals surface area contributed by atoms with Crippen LogP contribution in [0.5, 0.6) is 0 Å². The number of hydrogen-bond acceptors (Lipinski definition) is 5. The minimum Gasteiger partial charge on any atom is -0.390 e. The van der Waals surface area contributed by atoms with Crippen molar-refractivity contribution in [3.63, 3.8) is 0 Å². The standard InChI is InChI=1S/C22H29FN2O3/c23-16-8-6-15(7-9-16)21-13-18(25-28-21)12-19-10-11-20(26)22(27-19)14-24-17-4-2-1-3-5-17/h6-9,13,17,19-20,22,24,26H,1-5,10-12,14H2. The molecule has 1 aliphatic carbocycles. The number of rotatable bonds is 6. The minimum atomic E-state index is -0.417. The van der Waals surface area contributed by atoms with Crippen LogP contribution in [0.1, 0.15) is 50.6 Å². The monoisotopic (exact) mass is 388 g/mol. The number of hydrogen-bond donors (Lipinski definition) is 2. The summed E-state index contributed by atoms with van der Waals surface area (Å²) in [4.78, 5) is 0. The Morgan fingerprint density at radius 3 is 2.64 bits per heavy atom. The largest absolute Gasteiger partial charge is 0.390 e. The molecule has 1 aromatic carbocycles.